The van der Waals surface area contributed by atoms with Gasteiger partial charge >= 0.3 is 24.2 Å². The Morgan fingerprint density at radius 1 is 1.11 bits per heavy atom. The first-order valence-corrected chi connectivity index (χ1v) is 10.8. The number of alkyl halides is 3. The number of nitrogens with one attached hydrogen (secondary N) is 2. The zero-order valence-corrected chi connectivity index (χ0v) is 20.0. The highest BCUT2D eigenvalue weighted by atomic mass is 19.4. The van der Waals surface area contributed by atoms with Gasteiger partial charge < -0.3 is 31.3 Å². The number of nitrogens with two attached hydrogens (primary N) is 1. The van der Waals surface area contributed by atoms with Crippen molar-refractivity contribution in [3.8, 4) is 0 Å². The van der Waals surface area contributed by atoms with Gasteiger partial charge in [0.25, 0.3) is 5.69 Å². The van der Waals surface area contributed by atoms with Gasteiger partial charge in [-0.1, -0.05) is 13.8 Å². The number of hydrogen-bond acceptors (Lipinski definition) is 8. The highest BCUT2D eigenvalue weighted by molar-refractivity contribution is 5.86. The maximum Gasteiger partial charge on any atom is 0.490 e. The van der Waals surface area contributed by atoms with E-state index in [1.165, 1.54) is 24.3 Å². The van der Waals surface area contributed by atoms with Crippen LogP contribution in [0.3, 0.4) is 0 Å². The molecule has 2 atom stereocenters. The number of nitro groups is 1. The van der Waals surface area contributed by atoms with Crippen LogP contribution >= 0.6 is 0 Å². The van der Waals surface area contributed by atoms with Crippen molar-refractivity contribution in [1.29, 1.82) is 0 Å². The number of nitro benzene ring substituents is 1. The van der Waals surface area contributed by atoms with Crippen LogP contribution in [0.2, 0.25) is 0 Å². The van der Waals surface area contributed by atoms with Crippen LogP contribution in [0, 0.1) is 16.0 Å². The predicted molar refractivity (Wildman–Crippen MR) is 121 cm³/mol. The fourth-order valence-corrected chi connectivity index (χ4v) is 2.50. The molecule has 13 nitrogen and oxygen atoms in total. The molecule has 1 rings (SSSR count). The summed E-state index contributed by atoms with van der Waals surface area (Å²) < 4.78 is 36.8. The van der Waals surface area contributed by atoms with Crippen molar-refractivity contribution < 1.29 is 52.2 Å². The van der Waals surface area contributed by atoms with Crippen LogP contribution < -0.4 is 16.4 Å². The minimum atomic E-state index is -5.08. The summed E-state index contributed by atoms with van der Waals surface area (Å²) in [5, 5.41) is 31.8. The third-order valence-corrected chi connectivity index (χ3v) is 4.54. The lowest BCUT2D eigenvalue weighted by Crippen LogP contribution is -2.50. The summed E-state index contributed by atoms with van der Waals surface area (Å²) in [6, 6.07) is 3.85. The van der Waals surface area contributed by atoms with E-state index >= 15 is 0 Å². The second kappa shape index (κ2) is 15.9. The molecule has 0 aliphatic rings. The standard InChI is InChI=1S/C19H28N4O7.C2HF3O2/c1-12(2)16(18(25)26)22-17(24)15(20)5-3-4-10-21-19(27)30-11-13-6-8-14(9-7-13)23(28)29;3-2(4,5)1(6)7/h6-9,12,15-16H,3-5,10-11,20H2,1-2H3,(H,21,27)(H,22,24)(H,25,26);(H,6,7). The number of unbranched alkanes of at least 4 members (excludes halogenated alkanes) is 1. The molecule has 37 heavy (non-hydrogen) atoms. The van der Waals surface area contributed by atoms with Gasteiger partial charge in [-0.05, 0) is 42.9 Å². The SMILES string of the molecule is CC(C)C(NC(=O)C(N)CCCCNC(=O)OCc1ccc([N+](=O)[O-])cc1)C(=O)O.O=C(O)C(F)(F)F. The molecule has 0 bridgehead atoms. The molecule has 0 aromatic heterocycles. The molecular formula is C21H29F3N4O9. The lowest BCUT2D eigenvalue weighted by Gasteiger charge is -2.20. The van der Waals surface area contributed by atoms with E-state index in [4.69, 9.17) is 25.5 Å². The molecular weight excluding hydrogens is 509 g/mol. The van der Waals surface area contributed by atoms with Crippen LogP contribution in [0.4, 0.5) is 23.7 Å². The number of non-ortho nitro benzene ring substituents is 1. The number of halogens is 3. The van der Waals surface area contributed by atoms with E-state index < -0.39 is 47.1 Å². The highest BCUT2D eigenvalue weighted by Gasteiger charge is 2.38. The molecule has 0 heterocycles. The Labute approximate surface area is 209 Å². The average molecular weight is 538 g/mol. The molecule has 0 spiro atoms. The van der Waals surface area contributed by atoms with Gasteiger partial charge in [-0.25, -0.2) is 14.4 Å². The van der Waals surface area contributed by atoms with Crippen molar-refractivity contribution in [1.82, 2.24) is 10.6 Å². The average Bonchev–Trinajstić information content (AvgIpc) is 2.80. The first-order valence-electron chi connectivity index (χ1n) is 10.8. The van der Waals surface area contributed by atoms with Gasteiger partial charge in [-0.15, -0.1) is 0 Å². The number of carboxylic acids is 2. The molecule has 0 aliphatic heterocycles. The van der Waals surface area contributed by atoms with Crippen molar-refractivity contribution in [3.63, 3.8) is 0 Å². The van der Waals surface area contributed by atoms with Crippen molar-refractivity contribution in [2.24, 2.45) is 11.7 Å². The molecule has 0 saturated heterocycles. The third-order valence-electron chi connectivity index (χ3n) is 4.54. The van der Waals surface area contributed by atoms with E-state index in [2.05, 4.69) is 10.6 Å². The van der Waals surface area contributed by atoms with E-state index in [9.17, 15) is 37.7 Å². The van der Waals surface area contributed by atoms with Gasteiger partial charge in [0, 0.05) is 18.7 Å². The first kappa shape index (κ1) is 33.0. The molecule has 6 N–H and O–H groups in total. The first-order chi connectivity index (χ1) is 17.1. The van der Waals surface area contributed by atoms with Gasteiger partial charge in [0.1, 0.15) is 12.6 Å². The van der Waals surface area contributed by atoms with Crippen molar-refractivity contribution >= 4 is 29.6 Å². The number of amides is 2. The second-order valence-corrected chi connectivity index (χ2v) is 7.90. The normalized spacial score (nSPS) is 12.4. The Morgan fingerprint density at radius 2 is 1.65 bits per heavy atom. The summed E-state index contributed by atoms with van der Waals surface area (Å²) >= 11 is 0. The number of carboxylic acid groups (broad SMARTS) is 2. The van der Waals surface area contributed by atoms with Crippen LogP contribution in [0.15, 0.2) is 24.3 Å². The smallest absolute Gasteiger partial charge is 0.480 e. The van der Waals surface area contributed by atoms with Gasteiger partial charge in [-0.2, -0.15) is 13.2 Å². The van der Waals surface area contributed by atoms with Gasteiger partial charge in [0.2, 0.25) is 5.91 Å². The number of ether oxygens (including phenoxy) is 1. The fraction of sp³-hybridized carbons (Fsp3) is 0.524. The topological polar surface area (TPSA) is 211 Å². The number of carbonyl (C=O) groups is 4. The predicted octanol–water partition coefficient (Wildman–Crippen LogP) is 2.18. The van der Waals surface area contributed by atoms with Gasteiger partial charge in [0.05, 0.1) is 11.0 Å². The Balaban J connectivity index is 0.00000161. The molecule has 2 amide bonds. The lowest BCUT2D eigenvalue weighted by atomic mass is 10.0. The molecule has 0 fully saturated rings. The van der Waals surface area contributed by atoms with E-state index in [1.54, 1.807) is 13.8 Å². The molecule has 0 radical (unpaired) electrons. The Kier molecular flexibility index (Phi) is 14.2. The van der Waals surface area contributed by atoms with Crippen LogP contribution in [-0.2, 0) is 25.7 Å². The molecule has 0 saturated carbocycles. The maximum absolute atomic E-state index is 12.0. The molecule has 2 unspecified atom stereocenters. The van der Waals surface area contributed by atoms with Crippen molar-refractivity contribution in [3.05, 3.63) is 39.9 Å². The fourth-order valence-electron chi connectivity index (χ4n) is 2.50. The van der Waals surface area contributed by atoms with E-state index in [0.717, 1.165) is 0 Å². The summed E-state index contributed by atoms with van der Waals surface area (Å²) in [6.07, 6.45) is -4.26. The Bertz CT molecular complexity index is 925. The minimum Gasteiger partial charge on any atom is -0.480 e. The zero-order chi connectivity index (χ0) is 28.8. The van der Waals surface area contributed by atoms with Crippen molar-refractivity contribution in [2.75, 3.05) is 6.54 Å². The second-order valence-electron chi connectivity index (χ2n) is 7.90. The molecule has 208 valence electrons. The maximum atomic E-state index is 12.0. The highest BCUT2D eigenvalue weighted by Crippen LogP contribution is 2.13. The zero-order valence-electron chi connectivity index (χ0n) is 20.0. The third kappa shape index (κ3) is 14.3. The monoisotopic (exact) mass is 538 g/mol. The molecule has 16 heteroatoms. The van der Waals surface area contributed by atoms with Crippen LogP contribution in [0.25, 0.3) is 0 Å². The Hall–Kier alpha value is -3.95. The number of aliphatic carboxylic acids is 2. The van der Waals surface area contributed by atoms with Crippen LogP contribution in [0.1, 0.15) is 38.7 Å². The largest absolute Gasteiger partial charge is 0.490 e. The lowest BCUT2D eigenvalue weighted by molar-refractivity contribution is -0.384. The quantitative estimate of drug-likeness (QED) is 0.149. The summed E-state index contributed by atoms with van der Waals surface area (Å²) in [7, 11) is 0. The van der Waals surface area contributed by atoms with Crippen LogP contribution in [-0.4, -0.2) is 63.9 Å². The van der Waals surface area contributed by atoms with E-state index in [-0.39, 0.29) is 18.2 Å². The summed E-state index contributed by atoms with van der Waals surface area (Å²) in [4.78, 5) is 53.7. The summed E-state index contributed by atoms with van der Waals surface area (Å²) in [5.74, 6) is -4.65. The molecule has 0 aliphatic carbocycles. The van der Waals surface area contributed by atoms with Gasteiger partial charge in [-0.3, -0.25) is 14.9 Å². The summed E-state index contributed by atoms with van der Waals surface area (Å²) in [6.45, 7) is 3.68. The van der Waals surface area contributed by atoms with E-state index in [0.29, 0.717) is 31.4 Å². The number of alkyl carbamates (subject to hydrolysis) is 1. The van der Waals surface area contributed by atoms with Gasteiger partial charge in [0.15, 0.2) is 0 Å². The summed E-state index contributed by atoms with van der Waals surface area (Å²) in [5.41, 5.74) is 6.37. The molecule has 1 aromatic rings. The number of rotatable bonds is 12. The van der Waals surface area contributed by atoms with E-state index in [1.807, 2.05) is 0 Å². The number of hydrogen-bond donors (Lipinski definition) is 5. The Morgan fingerprint density at radius 3 is 2.08 bits per heavy atom. The number of nitrogens with zero attached hydrogens (tertiary/aromatic N) is 1. The number of carbonyl (C=O) groups excluding carboxylic acids is 2. The van der Waals surface area contributed by atoms with Crippen molar-refractivity contribution in [2.45, 2.75) is 58.0 Å². The molecule has 1 aromatic carbocycles. The van der Waals surface area contributed by atoms with Crippen LogP contribution in [0.5, 0.6) is 0 Å². The number of benzene rings is 1. The minimum absolute atomic E-state index is 0.0184.